The van der Waals surface area contributed by atoms with E-state index in [0.717, 1.165) is 51.8 Å². The molecule has 0 aliphatic carbocycles. The first-order valence-electron chi connectivity index (χ1n) is 10.7. The van der Waals surface area contributed by atoms with Crippen molar-refractivity contribution in [2.45, 2.75) is 57.7 Å². The Morgan fingerprint density at radius 1 is 1.10 bits per heavy atom. The van der Waals surface area contributed by atoms with Crippen LogP contribution in [0.5, 0.6) is 0 Å². The van der Waals surface area contributed by atoms with Crippen LogP contribution in [0.4, 0.5) is 0 Å². The summed E-state index contributed by atoms with van der Waals surface area (Å²) >= 11 is 0. The molecule has 7 nitrogen and oxygen atoms in total. The molecule has 2 aliphatic rings. The lowest BCUT2D eigenvalue weighted by Gasteiger charge is -2.29. The first kappa shape index (κ1) is 17.8. The van der Waals surface area contributed by atoms with Gasteiger partial charge in [0.1, 0.15) is 0 Å². The zero-order valence-corrected chi connectivity index (χ0v) is 17.2. The number of hydrogen-bond donors (Lipinski definition) is 1. The summed E-state index contributed by atoms with van der Waals surface area (Å²) in [5.74, 6) is 0. The summed E-state index contributed by atoms with van der Waals surface area (Å²) in [6.07, 6.45) is 8.15. The molecule has 6 rings (SSSR count). The highest BCUT2D eigenvalue weighted by Gasteiger charge is 2.35. The van der Waals surface area contributed by atoms with Crippen molar-refractivity contribution in [2.75, 3.05) is 0 Å². The first-order chi connectivity index (χ1) is 14.5. The molecular weight excluding hydrogens is 376 g/mol. The Balaban J connectivity index is 1.41. The number of rotatable bonds is 2. The number of piperidine rings is 1. The molecular formula is C23H24N6O. The van der Waals surface area contributed by atoms with Crippen LogP contribution in [-0.2, 0) is 0 Å². The lowest BCUT2D eigenvalue weighted by Crippen LogP contribution is -2.41. The third-order valence-electron chi connectivity index (χ3n) is 6.63. The standard InChI is InChI=1S/C23H24N6O/c1-13-7-21(27-28-12-14(2)25-22(13)28)15-3-6-20-16(8-15)11-24-29(23(20)30)19-9-17-4-5-18(10-19)26-17/h3,6-8,11-12,17-19,26H,4-5,9-10H2,1-2H3/t17-,18+,19?. The number of nitrogens with zero attached hydrogens (tertiary/aromatic N) is 5. The minimum Gasteiger partial charge on any atom is -0.311 e. The maximum absolute atomic E-state index is 13.2. The van der Waals surface area contributed by atoms with Crippen LogP contribution in [0.2, 0.25) is 0 Å². The molecule has 0 amide bonds. The Bertz CT molecular complexity index is 1340. The quantitative estimate of drug-likeness (QED) is 0.559. The molecule has 2 aliphatic heterocycles. The van der Waals surface area contributed by atoms with E-state index in [9.17, 15) is 4.79 Å². The van der Waals surface area contributed by atoms with Crippen LogP contribution in [0.1, 0.15) is 43.0 Å². The average molecular weight is 400 g/mol. The molecule has 0 saturated carbocycles. The van der Waals surface area contributed by atoms with Crippen LogP contribution in [0.25, 0.3) is 27.7 Å². The maximum Gasteiger partial charge on any atom is 0.274 e. The van der Waals surface area contributed by atoms with Crippen LogP contribution in [0.3, 0.4) is 0 Å². The SMILES string of the molecule is Cc1cn2nc(-c3ccc4c(=O)n(C5C[C@H]6CC[C@@H](C5)N6)ncc4c3)cc(C)c2n1. The minimum absolute atomic E-state index is 0.00942. The predicted octanol–water partition coefficient (Wildman–Crippen LogP) is 3.18. The molecule has 0 spiro atoms. The number of imidazole rings is 1. The van der Waals surface area contributed by atoms with Gasteiger partial charge in [0.15, 0.2) is 5.65 Å². The Labute approximate surface area is 173 Å². The van der Waals surface area contributed by atoms with E-state index in [1.807, 2.05) is 55.0 Å². The van der Waals surface area contributed by atoms with E-state index in [1.54, 1.807) is 4.68 Å². The van der Waals surface area contributed by atoms with Gasteiger partial charge in [-0.25, -0.2) is 14.2 Å². The molecule has 7 heteroatoms. The lowest BCUT2D eigenvalue weighted by molar-refractivity contribution is 0.275. The summed E-state index contributed by atoms with van der Waals surface area (Å²) in [6, 6.07) is 9.20. The lowest BCUT2D eigenvalue weighted by atomic mass is 9.99. The molecule has 1 aromatic carbocycles. The van der Waals surface area contributed by atoms with Gasteiger partial charge in [0.25, 0.3) is 5.56 Å². The number of fused-ring (bicyclic) bond motifs is 4. The molecule has 1 N–H and O–H groups in total. The van der Waals surface area contributed by atoms with Crippen molar-refractivity contribution >= 4 is 16.4 Å². The molecule has 2 fully saturated rings. The largest absolute Gasteiger partial charge is 0.311 e. The monoisotopic (exact) mass is 400 g/mol. The van der Waals surface area contributed by atoms with Crippen LogP contribution < -0.4 is 10.9 Å². The summed E-state index contributed by atoms with van der Waals surface area (Å²) in [7, 11) is 0. The summed E-state index contributed by atoms with van der Waals surface area (Å²) in [6.45, 7) is 4.01. The van der Waals surface area contributed by atoms with E-state index in [-0.39, 0.29) is 11.6 Å². The van der Waals surface area contributed by atoms with Gasteiger partial charge in [0, 0.05) is 23.0 Å². The highest BCUT2D eigenvalue weighted by Crippen LogP contribution is 2.33. The molecule has 3 aromatic heterocycles. The number of benzene rings is 1. The van der Waals surface area contributed by atoms with Crippen molar-refractivity contribution in [2.24, 2.45) is 0 Å². The van der Waals surface area contributed by atoms with Crippen LogP contribution in [-0.4, -0.2) is 36.5 Å². The average Bonchev–Trinajstić information content (AvgIpc) is 3.28. The normalized spacial score (nSPS) is 23.5. The predicted molar refractivity (Wildman–Crippen MR) is 116 cm³/mol. The van der Waals surface area contributed by atoms with Crippen molar-refractivity contribution in [1.82, 2.24) is 29.7 Å². The molecule has 2 bridgehead atoms. The Morgan fingerprint density at radius 2 is 1.90 bits per heavy atom. The van der Waals surface area contributed by atoms with Gasteiger partial charge in [0.05, 0.1) is 35.2 Å². The fourth-order valence-electron chi connectivity index (χ4n) is 5.20. The molecule has 2 saturated heterocycles. The summed E-state index contributed by atoms with van der Waals surface area (Å²) < 4.78 is 3.54. The van der Waals surface area contributed by atoms with Gasteiger partial charge in [0.2, 0.25) is 0 Å². The zero-order chi connectivity index (χ0) is 20.4. The molecule has 3 atom stereocenters. The van der Waals surface area contributed by atoms with Gasteiger partial charge in [-0.1, -0.05) is 6.07 Å². The molecule has 1 unspecified atom stereocenters. The van der Waals surface area contributed by atoms with Crippen molar-refractivity contribution in [3.8, 4) is 11.3 Å². The second kappa shape index (κ2) is 6.47. The van der Waals surface area contributed by atoms with Gasteiger partial charge < -0.3 is 5.32 Å². The highest BCUT2D eigenvalue weighted by atomic mass is 16.1. The smallest absolute Gasteiger partial charge is 0.274 e. The van der Waals surface area contributed by atoms with Gasteiger partial charge in [-0.05, 0) is 63.3 Å². The van der Waals surface area contributed by atoms with Crippen LogP contribution >= 0.6 is 0 Å². The van der Waals surface area contributed by atoms with Crippen LogP contribution in [0.15, 0.2) is 41.5 Å². The van der Waals surface area contributed by atoms with Crippen molar-refractivity contribution < 1.29 is 0 Å². The fraction of sp³-hybridized carbons (Fsp3) is 0.391. The number of aryl methyl sites for hydroxylation is 2. The highest BCUT2D eigenvalue weighted by molar-refractivity contribution is 5.85. The Hall–Kier alpha value is -3.06. The molecule has 5 heterocycles. The van der Waals surface area contributed by atoms with E-state index >= 15 is 0 Å². The van der Waals surface area contributed by atoms with E-state index in [1.165, 1.54) is 12.8 Å². The van der Waals surface area contributed by atoms with Gasteiger partial charge in [-0.15, -0.1) is 0 Å². The topological polar surface area (TPSA) is 77.1 Å². The molecule has 30 heavy (non-hydrogen) atoms. The summed E-state index contributed by atoms with van der Waals surface area (Å²) in [4.78, 5) is 17.7. The van der Waals surface area contributed by atoms with Gasteiger partial charge >= 0.3 is 0 Å². The maximum atomic E-state index is 13.2. The number of nitrogens with one attached hydrogen (secondary N) is 1. The fourth-order valence-corrected chi connectivity index (χ4v) is 5.20. The molecule has 4 aromatic rings. The first-order valence-corrected chi connectivity index (χ1v) is 10.7. The zero-order valence-electron chi connectivity index (χ0n) is 17.2. The summed E-state index contributed by atoms with van der Waals surface area (Å²) in [5, 5.41) is 14.5. The second-order valence-corrected chi connectivity index (χ2v) is 8.82. The third-order valence-corrected chi connectivity index (χ3v) is 6.63. The van der Waals surface area contributed by atoms with E-state index < -0.39 is 0 Å². The van der Waals surface area contributed by atoms with Crippen molar-refractivity contribution in [3.63, 3.8) is 0 Å². The van der Waals surface area contributed by atoms with Gasteiger partial charge in [-0.3, -0.25) is 4.79 Å². The van der Waals surface area contributed by atoms with Gasteiger partial charge in [-0.2, -0.15) is 10.2 Å². The van der Waals surface area contributed by atoms with Crippen molar-refractivity contribution in [3.05, 3.63) is 58.3 Å². The number of aromatic nitrogens is 5. The molecule has 0 radical (unpaired) electrons. The minimum atomic E-state index is 0.00942. The van der Waals surface area contributed by atoms with Crippen LogP contribution in [0, 0.1) is 13.8 Å². The Kier molecular flexibility index (Phi) is 3.83. The molecule has 152 valence electrons. The summed E-state index contributed by atoms with van der Waals surface area (Å²) in [5.41, 5.74) is 4.73. The van der Waals surface area contributed by atoms with E-state index in [2.05, 4.69) is 15.4 Å². The Morgan fingerprint density at radius 3 is 2.70 bits per heavy atom. The second-order valence-electron chi connectivity index (χ2n) is 8.82. The van der Waals surface area contributed by atoms with E-state index in [4.69, 9.17) is 5.10 Å². The van der Waals surface area contributed by atoms with E-state index in [0.29, 0.717) is 12.1 Å². The third kappa shape index (κ3) is 2.76. The number of hydrogen-bond acceptors (Lipinski definition) is 5. The van der Waals surface area contributed by atoms with Crippen molar-refractivity contribution in [1.29, 1.82) is 0 Å².